The van der Waals surface area contributed by atoms with E-state index < -0.39 is 0 Å². The molecule has 0 radical (unpaired) electrons. The Morgan fingerprint density at radius 3 is 1.38 bits per heavy atom. The zero-order chi connectivity index (χ0) is 55.6. The van der Waals surface area contributed by atoms with Gasteiger partial charge in [-0.3, -0.25) is 0 Å². The lowest BCUT2D eigenvalue weighted by Crippen LogP contribution is -2.62. The number of nitrogens with zero attached hydrogens (tertiary/aromatic N) is 2. The fourth-order valence-corrected chi connectivity index (χ4v) is 13.5. The van der Waals surface area contributed by atoms with E-state index in [0.29, 0.717) is 0 Å². The molecule has 0 amide bonds. The summed E-state index contributed by atoms with van der Waals surface area (Å²) in [6.07, 6.45) is 2.28. The first-order valence-corrected chi connectivity index (χ1v) is 29.1. The SMILES string of the molecule is CC(C)(C)c1ccc(N2c3cc4c(cc3B3c5cc(C(C)(C)c6ccccc6)ccc5N(c5ccc(C(C)(C)c6ccccc6)cc5)c5cc(C(C)(C)C)cc2c53)C(C)(C)CCC4(C)C)c(-c2ccccc2-c2ccccc2)c1. The van der Waals surface area contributed by atoms with Crippen LogP contribution in [0.25, 0.3) is 22.3 Å². The maximum Gasteiger partial charge on any atom is 0.252 e. The Labute approximate surface area is 473 Å². The molecule has 0 unspecified atom stereocenters. The highest BCUT2D eigenvalue weighted by Gasteiger charge is 2.48. The molecule has 0 saturated carbocycles. The maximum absolute atomic E-state index is 2.73. The Morgan fingerprint density at radius 1 is 0.342 bits per heavy atom. The average molecular weight is 1030 g/mol. The smallest absolute Gasteiger partial charge is 0.252 e. The lowest BCUT2D eigenvalue weighted by Gasteiger charge is -2.48. The van der Waals surface area contributed by atoms with Gasteiger partial charge in [0.1, 0.15) is 0 Å². The van der Waals surface area contributed by atoms with E-state index in [0.717, 1.165) is 18.5 Å². The number of fused-ring (bicyclic) bond motifs is 5. The van der Waals surface area contributed by atoms with Crippen LogP contribution >= 0.6 is 0 Å². The molecule has 0 spiro atoms. The first kappa shape index (κ1) is 52.3. The van der Waals surface area contributed by atoms with Gasteiger partial charge in [-0.2, -0.15) is 0 Å². The number of anilines is 6. The minimum atomic E-state index is -0.258. The molecule has 79 heavy (non-hydrogen) atoms. The predicted molar refractivity (Wildman–Crippen MR) is 341 cm³/mol. The van der Waals surface area contributed by atoms with E-state index in [1.54, 1.807) is 0 Å². The molecule has 0 N–H and O–H groups in total. The van der Waals surface area contributed by atoms with Gasteiger partial charge in [0.15, 0.2) is 0 Å². The van der Waals surface area contributed by atoms with E-state index >= 15 is 0 Å². The van der Waals surface area contributed by atoms with Crippen LogP contribution in [0.15, 0.2) is 200 Å². The first-order chi connectivity index (χ1) is 37.4. The van der Waals surface area contributed by atoms with E-state index in [2.05, 4.69) is 307 Å². The second-order valence-electron chi connectivity index (χ2n) is 27.7. The third-order valence-corrected chi connectivity index (χ3v) is 18.9. The van der Waals surface area contributed by atoms with Gasteiger partial charge in [0.2, 0.25) is 0 Å². The normalized spacial score (nSPS) is 15.5. The average Bonchev–Trinajstić information content (AvgIpc) is 2.96. The zero-order valence-electron chi connectivity index (χ0n) is 49.4. The standard InChI is InChI=1S/C76H79BN2/c1-71(2,3)54-36-40-65(60(44-54)59-33-25-24-32-58(59)50-26-18-15-19-27-50)79-67-49-62-61(73(7,8)42-43-74(62,9)10)48-64(67)77-63-45-55(76(13,14)52-30-22-17-23-31-52)37-41-66(63)78(68-46-56(72(4,5)6)47-69(79)70(68)77)57-38-34-53(35-39-57)75(11,12)51-28-20-16-21-29-51/h15-41,44-49H,42-43H2,1-14H3. The van der Waals surface area contributed by atoms with Crippen molar-refractivity contribution < 1.29 is 0 Å². The summed E-state index contributed by atoms with van der Waals surface area (Å²) in [7, 11) is 0. The van der Waals surface area contributed by atoms with Gasteiger partial charge in [-0.15, -0.1) is 0 Å². The van der Waals surface area contributed by atoms with Gasteiger partial charge in [0.25, 0.3) is 6.71 Å². The number of rotatable bonds is 8. The van der Waals surface area contributed by atoms with Crippen molar-refractivity contribution in [3.8, 4) is 22.3 Å². The third kappa shape index (κ3) is 8.79. The van der Waals surface area contributed by atoms with Crippen LogP contribution in [0.4, 0.5) is 34.1 Å². The van der Waals surface area contributed by atoms with Crippen molar-refractivity contribution in [1.82, 2.24) is 0 Å². The zero-order valence-corrected chi connectivity index (χ0v) is 49.4. The Morgan fingerprint density at radius 2 is 0.797 bits per heavy atom. The summed E-state index contributed by atoms with van der Waals surface area (Å²) in [6, 6.07) is 77.1. The Bertz CT molecular complexity index is 3790. The van der Waals surface area contributed by atoms with Crippen LogP contribution in [0.3, 0.4) is 0 Å². The minimum Gasteiger partial charge on any atom is -0.311 e. The first-order valence-electron chi connectivity index (χ1n) is 29.1. The van der Waals surface area contributed by atoms with Gasteiger partial charge < -0.3 is 9.80 Å². The molecule has 0 fully saturated rings. The van der Waals surface area contributed by atoms with Gasteiger partial charge in [-0.05, 0) is 161 Å². The van der Waals surface area contributed by atoms with Crippen LogP contribution < -0.4 is 26.2 Å². The molecule has 2 nitrogen and oxygen atoms in total. The quantitative estimate of drug-likeness (QED) is 0.140. The number of hydrogen-bond acceptors (Lipinski definition) is 2. The topological polar surface area (TPSA) is 6.48 Å². The van der Waals surface area contributed by atoms with Gasteiger partial charge >= 0.3 is 0 Å². The van der Waals surface area contributed by atoms with Gasteiger partial charge in [0.05, 0.1) is 5.69 Å². The molecule has 0 atom stereocenters. The second-order valence-corrected chi connectivity index (χ2v) is 27.7. The summed E-state index contributed by atoms with van der Waals surface area (Å²) in [5, 5.41) is 0. The van der Waals surface area contributed by atoms with Crippen LogP contribution in [0.5, 0.6) is 0 Å². The summed E-state index contributed by atoms with van der Waals surface area (Å²) in [5.41, 5.74) is 26.4. The van der Waals surface area contributed by atoms with Crippen LogP contribution in [-0.2, 0) is 32.5 Å². The molecular formula is C76H79BN2. The largest absolute Gasteiger partial charge is 0.311 e. The molecule has 0 aromatic heterocycles. The maximum atomic E-state index is 2.73. The second kappa shape index (κ2) is 18.6. The molecule has 0 bridgehead atoms. The Hall–Kier alpha value is -7.36. The van der Waals surface area contributed by atoms with E-state index in [1.165, 1.54) is 112 Å². The van der Waals surface area contributed by atoms with Crippen molar-refractivity contribution in [3.05, 3.63) is 245 Å². The third-order valence-electron chi connectivity index (χ3n) is 18.9. The monoisotopic (exact) mass is 1030 g/mol. The molecule has 12 rings (SSSR count). The molecular weight excluding hydrogens is 952 g/mol. The predicted octanol–water partition coefficient (Wildman–Crippen LogP) is 18.7. The summed E-state index contributed by atoms with van der Waals surface area (Å²) in [5.74, 6) is 0. The highest BCUT2D eigenvalue weighted by Crippen LogP contribution is 2.53. The van der Waals surface area contributed by atoms with Crippen LogP contribution in [-0.4, -0.2) is 6.71 Å². The van der Waals surface area contributed by atoms with Gasteiger partial charge in [0, 0.05) is 44.8 Å². The minimum absolute atomic E-state index is 0.00595. The summed E-state index contributed by atoms with van der Waals surface area (Å²) in [4.78, 5) is 5.36. The van der Waals surface area contributed by atoms with E-state index in [1.807, 2.05) is 0 Å². The fourth-order valence-electron chi connectivity index (χ4n) is 13.5. The molecule has 9 aromatic rings. The van der Waals surface area contributed by atoms with Gasteiger partial charge in [-0.1, -0.05) is 249 Å². The summed E-state index contributed by atoms with van der Waals surface area (Å²) < 4.78 is 0. The van der Waals surface area contributed by atoms with E-state index in [-0.39, 0.29) is 39.2 Å². The van der Waals surface area contributed by atoms with Gasteiger partial charge in [-0.25, -0.2) is 0 Å². The van der Waals surface area contributed by atoms with Crippen LogP contribution in [0.1, 0.15) is 154 Å². The van der Waals surface area contributed by atoms with Crippen LogP contribution in [0, 0.1) is 0 Å². The van der Waals surface area contributed by atoms with Crippen molar-refractivity contribution in [3.63, 3.8) is 0 Å². The van der Waals surface area contributed by atoms with E-state index in [9.17, 15) is 0 Å². The summed E-state index contributed by atoms with van der Waals surface area (Å²) >= 11 is 0. The molecule has 9 aromatic carbocycles. The lowest BCUT2D eigenvalue weighted by molar-refractivity contribution is 0.332. The number of benzene rings is 9. The summed E-state index contributed by atoms with van der Waals surface area (Å²) in [6.45, 7) is 33.6. The van der Waals surface area contributed by atoms with Crippen LogP contribution in [0.2, 0.25) is 0 Å². The van der Waals surface area contributed by atoms with Crippen molar-refractivity contribution >= 4 is 57.2 Å². The molecule has 0 saturated heterocycles. The highest BCUT2D eigenvalue weighted by atomic mass is 15.2. The molecule has 2 heterocycles. The lowest BCUT2D eigenvalue weighted by atomic mass is 9.32. The molecule has 396 valence electrons. The van der Waals surface area contributed by atoms with Crippen molar-refractivity contribution in [1.29, 1.82) is 0 Å². The Kier molecular flexibility index (Phi) is 12.3. The molecule has 3 aliphatic rings. The van der Waals surface area contributed by atoms with Crippen molar-refractivity contribution in [2.45, 2.75) is 142 Å². The highest BCUT2D eigenvalue weighted by molar-refractivity contribution is 7.00. The number of hydrogen-bond donors (Lipinski definition) is 0. The van der Waals surface area contributed by atoms with Crippen molar-refractivity contribution in [2.24, 2.45) is 0 Å². The van der Waals surface area contributed by atoms with E-state index in [4.69, 9.17) is 0 Å². The molecule has 1 aliphatic carbocycles. The molecule has 2 aliphatic heterocycles. The van der Waals surface area contributed by atoms with Crippen molar-refractivity contribution in [2.75, 3.05) is 9.80 Å². The Balaban J connectivity index is 1.21. The molecule has 3 heteroatoms. The fraction of sp³-hybridized carbons (Fsp3) is 0.289.